The zero-order chi connectivity index (χ0) is 25.0. The lowest BCUT2D eigenvalue weighted by molar-refractivity contribution is -0.00585. The first-order valence-electron chi connectivity index (χ1n) is 13.3. The van der Waals surface area contributed by atoms with Crippen LogP contribution >= 0.6 is 0 Å². The number of hydrogen-bond acceptors (Lipinski definition) is 3. The van der Waals surface area contributed by atoms with Gasteiger partial charge in [0, 0.05) is 0 Å². The van der Waals surface area contributed by atoms with Gasteiger partial charge in [0.15, 0.2) is 0 Å². The summed E-state index contributed by atoms with van der Waals surface area (Å²) < 4.78 is 12.2. The highest BCUT2D eigenvalue weighted by atomic mass is 28.4. The first-order chi connectivity index (χ1) is 16.5. The molecular weight excluding hydrogens is 448 g/mol. The standard InChI is InChI=1S/C31H40O3Si/c1-7-33-29(32)26-11-9-8-10-25(26)24-12-13-27(28(17-24)34-35(5,6)30(2,3)4)31-18-21-14-22(19-31)16-23(15-21)20-31/h7-13,17,21-23H,1,14-16,18-20H2,2-6H3. The maximum atomic E-state index is 12.7. The summed E-state index contributed by atoms with van der Waals surface area (Å²) in [6.07, 6.45) is 9.37. The molecule has 2 aromatic carbocycles. The second kappa shape index (κ2) is 8.65. The van der Waals surface area contributed by atoms with Crippen LogP contribution in [0.4, 0.5) is 0 Å². The molecule has 0 unspecified atom stereocenters. The first-order valence-corrected chi connectivity index (χ1v) is 16.2. The van der Waals surface area contributed by atoms with E-state index in [9.17, 15) is 4.79 Å². The normalized spacial score (nSPS) is 27.5. The highest BCUT2D eigenvalue weighted by molar-refractivity contribution is 6.74. The van der Waals surface area contributed by atoms with Gasteiger partial charge in [0.1, 0.15) is 5.75 Å². The average molecular weight is 489 g/mol. The van der Waals surface area contributed by atoms with Gasteiger partial charge in [-0.05, 0) is 109 Å². The fourth-order valence-electron chi connectivity index (χ4n) is 7.13. The lowest BCUT2D eigenvalue weighted by Crippen LogP contribution is -2.49. The highest BCUT2D eigenvalue weighted by Gasteiger charge is 2.53. The Hall–Kier alpha value is -2.33. The Balaban J connectivity index is 1.62. The average Bonchev–Trinajstić information content (AvgIpc) is 2.77. The van der Waals surface area contributed by atoms with Crippen molar-refractivity contribution in [2.45, 2.75) is 82.8 Å². The molecule has 0 spiro atoms. The summed E-state index contributed by atoms with van der Waals surface area (Å²) in [5.41, 5.74) is 4.08. The molecule has 4 fully saturated rings. The molecule has 0 atom stereocenters. The van der Waals surface area contributed by atoms with E-state index in [1.165, 1.54) is 50.4 Å². The quantitative estimate of drug-likeness (QED) is 0.232. The second-order valence-corrected chi connectivity index (χ2v) is 17.6. The Bertz CT molecular complexity index is 1100. The van der Waals surface area contributed by atoms with Crippen molar-refractivity contribution in [3.05, 3.63) is 66.4 Å². The maximum absolute atomic E-state index is 12.7. The number of rotatable bonds is 6. The molecule has 4 aliphatic rings. The minimum Gasteiger partial charge on any atom is -0.543 e. The predicted octanol–water partition coefficient (Wildman–Crippen LogP) is 8.51. The van der Waals surface area contributed by atoms with Crippen molar-refractivity contribution in [3.63, 3.8) is 0 Å². The van der Waals surface area contributed by atoms with Gasteiger partial charge in [-0.25, -0.2) is 4.79 Å². The topological polar surface area (TPSA) is 35.5 Å². The van der Waals surface area contributed by atoms with Crippen molar-refractivity contribution < 1.29 is 14.0 Å². The van der Waals surface area contributed by atoms with Crippen LogP contribution in [0.5, 0.6) is 5.75 Å². The zero-order valence-corrected chi connectivity index (χ0v) is 23.0. The fraction of sp³-hybridized carbons (Fsp3) is 0.516. The van der Waals surface area contributed by atoms with Crippen LogP contribution in [-0.4, -0.2) is 14.3 Å². The Morgan fingerprint density at radius 3 is 2.17 bits per heavy atom. The van der Waals surface area contributed by atoms with Crippen molar-refractivity contribution in [1.29, 1.82) is 0 Å². The third-order valence-electron chi connectivity index (χ3n) is 9.41. The summed E-state index contributed by atoms with van der Waals surface area (Å²) in [6, 6.07) is 14.4. The maximum Gasteiger partial charge on any atom is 0.343 e. The number of hydrogen-bond donors (Lipinski definition) is 0. The van der Waals surface area contributed by atoms with Crippen LogP contribution in [0.3, 0.4) is 0 Å². The van der Waals surface area contributed by atoms with Gasteiger partial charge < -0.3 is 9.16 Å². The monoisotopic (exact) mass is 488 g/mol. The van der Waals surface area contributed by atoms with Gasteiger partial charge in [0.2, 0.25) is 8.32 Å². The Morgan fingerprint density at radius 2 is 1.60 bits per heavy atom. The van der Waals surface area contributed by atoms with Crippen LogP contribution in [0.2, 0.25) is 18.1 Å². The van der Waals surface area contributed by atoms with Gasteiger partial charge in [0.05, 0.1) is 11.8 Å². The van der Waals surface area contributed by atoms with Gasteiger partial charge in [-0.15, -0.1) is 0 Å². The van der Waals surface area contributed by atoms with E-state index in [1.54, 1.807) is 0 Å². The van der Waals surface area contributed by atoms with Gasteiger partial charge in [-0.3, -0.25) is 0 Å². The Labute approximate surface area is 212 Å². The lowest BCUT2D eigenvalue weighted by Gasteiger charge is -2.57. The number of carbonyl (C=O) groups is 1. The first kappa shape index (κ1) is 24.4. The minimum absolute atomic E-state index is 0.105. The van der Waals surface area contributed by atoms with Gasteiger partial charge in [-0.2, -0.15) is 0 Å². The SMILES string of the molecule is C=COC(=O)c1ccccc1-c1ccc(C23CC4CC(CC(C4)C2)C3)c(O[Si](C)(C)C(C)(C)C)c1. The molecule has 4 aliphatic carbocycles. The molecule has 2 aromatic rings. The van der Waals surface area contributed by atoms with E-state index >= 15 is 0 Å². The molecule has 4 bridgehead atoms. The molecule has 186 valence electrons. The molecule has 4 saturated carbocycles. The van der Waals surface area contributed by atoms with Crippen LogP contribution in [0, 0.1) is 17.8 Å². The molecule has 4 heteroatoms. The molecule has 0 heterocycles. The third-order valence-corrected chi connectivity index (χ3v) is 13.8. The van der Waals surface area contributed by atoms with Gasteiger partial charge in [-0.1, -0.05) is 57.7 Å². The summed E-state index contributed by atoms with van der Waals surface area (Å²) in [4.78, 5) is 12.7. The summed E-state index contributed by atoms with van der Waals surface area (Å²) in [7, 11) is -2.07. The molecule has 0 amide bonds. The van der Waals surface area contributed by atoms with Crippen LogP contribution in [0.1, 0.15) is 75.2 Å². The van der Waals surface area contributed by atoms with E-state index in [2.05, 4.69) is 58.6 Å². The molecule has 0 saturated heterocycles. The largest absolute Gasteiger partial charge is 0.543 e. The molecule has 0 aliphatic heterocycles. The summed E-state index contributed by atoms with van der Waals surface area (Å²) in [6.45, 7) is 15.1. The second-order valence-electron chi connectivity index (χ2n) is 12.9. The van der Waals surface area contributed by atoms with E-state index in [-0.39, 0.29) is 16.4 Å². The van der Waals surface area contributed by atoms with Crippen LogP contribution in [0.25, 0.3) is 11.1 Å². The van der Waals surface area contributed by atoms with Crippen LogP contribution < -0.4 is 4.43 Å². The van der Waals surface area contributed by atoms with Gasteiger partial charge >= 0.3 is 5.97 Å². The lowest BCUT2D eigenvalue weighted by atomic mass is 9.48. The van der Waals surface area contributed by atoms with E-state index in [1.807, 2.05) is 24.3 Å². The van der Waals surface area contributed by atoms with Crippen molar-refractivity contribution in [1.82, 2.24) is 0 Å². The summed E-state index contributed by atoms with van der Waals surface area (Å²) >= 11 is 0. The molecule has 6 rings (SSSR count). The molecular formula is C31H40O3Si. The Morgan fingerprint density at radius 1 is 1.00 bits per heavy atom. The third kappa shape index (κ3) is 4.39. The number of ether oxygens (including phenoxy) is 1. The number of esters is 1. The number of carbonyl (C=O) groups excluding carboxylic acids is 1. The highest BCUT2D eigenvalue weighted by Crippen LogP contribution is 2.62. The van der Waals surface area contributed by atoms with Crippen LogP contribution in [-0.2, 0) is 10.2 Å². The fourth-order valence-corrected chi connectivity index (χ4v) is 8.16. The van der Waals surface area contributed by atoms with E-state index < -0.39 is 8.32 Å². The molecule has 35 heavy (non-hydrogen) atoms. The van der Waals surface area contributed by atoms with Gasteiger partial charge in [0.25, 0.3) is 0 Å². The minimum atomic E-state index is -2.07. The van der Waals surface area contributed by atoms with E-state index in [0.717, 1.165) is 34.6 Å². The number of benzene rings is 2. The van der Waals surface area contributed by atoms with Crippen molar-refractivity contribution in [2.75, 3.05) is 0 Å². The molecule has 0 aromatic heterocycles. The van der Waals surface area contributed by atoms with Crippen molar-refractivity contribution in [2.24, 2.45) is 17.8 Å². The molecule has 3 nitrogen and oxygen atoms in total. The molecule has 0 N–H and O–H groups in total. The Kier molecular flexibility index (Phi) is 6.02. The van der Waals surface area contributed by atoms with Crippen LogP contribution in [0.15, 0.2) is 55.3 Å². The summed E-state index contributed by atoms with van der Waals surface area (Å²) in [5, 5.41) is 0.105. The summed E-state index contributed by atoms with van der Waals surface area (Å²) in [5.74, 6) is 3.28. The smallest absolute Gasteiger partial charge is 0.343 e. The van der Waals surface area contributed by atoms with E-state index in [0.29, 0.717) is 5.56 Å². The zero-order valence-electron chi connectivity index (χ0n) is 22.0. The molecule has 0 radical (unpaired) electrons. The van der Waals surface area contributed by atoms with Crippen molar-refractivity contribution >= 4 is 14.3 Å². The van der Waals surface area contributed by atoms with E-state index in [4.69, 9.17) is 9.16 Å². The van der Waals surface area contributed by atoms with Crippen molar-refractivity contribution in [3.8, 4) is 16.9 Å². The predicted molar refractivity (Wildman–Crippen MR) is 145 cm³/mol.